The molecule has 0 saturated heterocycles. The molecule has 0 bridgehead atoms. The van der Waals surface area contributed by atoms with Crippen LogP contribution in [0.1, 0.15) is 17.2 Å². The molecule has 0 aliphatic heterocycles. The van der Waals surface area contributed by atoms with Crippen molar-refractivity contribution in [3.63, 3.8) is 0 Å². The van der Waals surface area contributed by atoms with Gasteiger partial charge in [0.2, 0.25) is 0 Å². The van der Waals surface area contributed by atoms with Crippen LogP contribution in [0.4, 0.5) is 10.1 Å². The zero-order valence-corrected chi connectivity index (χ0v) is 12.2. The standard InChI is InChI=1S/C16H17ClFNO/c1-19(2)13-7-3-5-11(9-13)15(20)10-12-6-4-8-14(17)16(12)18/h3-9,15,20H,10H2,1-2H3. The summed E-state index contributed by atoms with van der Waals surface area (Å²) in [5, 5.41) is 10.3. The molecular weight excluding hydrogens is 277 g/mol. The quantitative estimate of drug-likeness (QED) is 0.926. The van der Waals surface area contributed by atoms with Gasteiger partial charge < -0.3 is 10.0 Å². The average molecular weight is 294 g/mol. The molecule has 2 aromatic rings. The van der Waals surface area contributed by atoms with Gasteiger partial charge in [0.1, 0.15) is 5.82 Å². The molecule has 0 aromatic heterocycles. The molecule has 0 saturated carbocycles. The Labute approximate surface area is 123 Å². The minimum atomic E-state index is -0.761. The number of hydrogen-bond acceptors (Lipinski definition) is 2. The van der Waals surface area contributed by atoms with E-state index in [0.717, 1.165) is 11.3 Å². The van der Waals surface area contributed by atoms with Gasteiger partial charge in [-0.15, -0.1) is 0 Å². The SMILES string of the molecule is CN(C)c1cccc(C(O)Cc2cccc(Cl)c2F)c1. The van der Waals surface area contributed by atoms with E-state index in [1.807, 2.05) is 43.3 Å². The van der Waals surface area contributed by atoms with Crippen LogP contribution in [0.15, 0.2) is 42.5 Å². The molecule has 4 heteroatoms. The smallest absolute Gasteiger partial charge is 0.145 e. The van der Waals surface area contributed by atoms with Crippen molar-refractivity contribution in [1.82, 2.24) is 0 Å². The zero-order valence-electron chi connectivity index (χ0n) is 11.5. The molecule has 0 fully saturated rings. The van der Waals surface area contributed by atoms with E-state index in [1.165, 1.54) is 6.07 Å². The summed E-state index contributed by atoms with van der Waals surface area (Å²) in [6.45, 7) is 0. The second-order valence-corrected chi connectivity index (χ2v) is 5.33. The fraction of sp³-hybridized carbons (Fsp3) is 0.250. The molecule has 0 spiro atoms. The Morgan fingerprint density at radius 1 is 1.20 bits per heavy atom. The summed E-state index contributed by atoms with van der Waals surface area (Å²) in [4.78, 5) is 1.95. The third-order valence-electron chi connectivity index (χ3n) is 3.22. The molecule has 2 rings (SSSR count). The molecule has 0 heterocycles. The van der Waals surface area contributed by atoms with Gasteiger partial charge in [0, 0.05) is 26.2 Å². The topological polar surface area (TPSA) is 23.5 Å². The first-order chi connectivity index (χ1) is 9.49. The highest BCUT2D eigenvalue weighted by molar-refractivity contribution is 6.30. The van der Waals surface area contributed by atoms with E-state index in [1.54, 1.807) is 12.1 Å². The van der Waals surface area contributed by atoms with E-state index < -0.39 is 11.9 Å². The Kier molecular flexibility index (Phi) is 4.63. The molecule has 0 aliphatic carbocycles. The first-order valence-electron chi connectivity index (χ1n) is 6.37. The van der Waals surface area contributed by atoms with Crippen molar-refractivity contribution in [1.29, 1.82) is 0 Å². The fourth-order valence-corrected chi connectivity index (χ4v) is 2.24. The van der Waals surface area contributed by atoms with Crippen molar-refractivity contribution in [3.05, 3.63) is 64.4 Å². The predicted molar refractivity (Wildman–Crippen MR) is 80.8 cm³/mol. The van der Waals surface area contributed by atoms with Gasteiger partial charge in [-0.1, -0.05) is 35.9 Å². The number of halogens is 2. The van der Waals surface area contributed by atoms with Crippen LogP contribution in [-0.2, 0) is 6.42 Å². The molecule has 2 nitrogen and oxygen atoms in total. The summed E-state index contributed by atoms with van der Waals surface area (Å²) in [6, 6.07) is 12.4. The number of rotatable bonds is 4. The second-order valence-electron chi connectivity index (χ2n) is 4.92. The van der Waals surface area contributed by atoms with Gasteiger partial charge in [-0.25, -0.2) is 4.39 Å². The van der Waals surface area contributed by atoms with Gasteiger partial charge in [0.05, 0.1) is 11.1 Å². The molecule has 1 unspecified atom stereocenters. The first-order valence-corrected chi connectivity index (χ1v) is 6.75. The fourth-order valence-electron chi connectivity index (χ4n) is 2.04. The van der Waals surface area contributed by atoms with Gasteiger partial charge in [0.25, 0.3) is 0 Å². The van der Waals surface area contributed by atoms with Gasteiger partial charge in [-0.05, 0) is 29.3 Å². The van der Waals surface area contributed by atoms with Crippen molar-refractivity contribution < 1.29 is 9.50 Å². The highest BCUT2D eigenvalue weighted by atomic mass is 35.5. The Bertz CT molecular complexity index is 601. The average Bonchev–Trinajstić information content (AvgIpc) is 2.44. The van der Waals surface area contributed by atoms with Crippen molar-refractivity contribution >= 4 is 17.3 Å². The maximum Gasteiger partial charge on any atom is 0.145 e. The molecule has 20 heavy (non-hydrogen) atoms. The molecule has 106 valence electrons. The van der Waals surface area contributed by atoms with Crippen molar-refractivity contribution in [2.45, 2.75) is 12.5 Å². The van der Waals surface area contributed by atoms with Gasteiger partial charge in [-0.3, -0.25) is 0 Å². The van der Waals surface area contributed by atoms with E-state index in [4.69, 9.17) is 11.6 Å². The van der Waals surface area contributed by atoms with Crippen LogP contribution in [0, 0.1) is 5.82 Å². The number of anilines is 1. The predicted octanol–water partition coefficient (Wildman–Crippen LogP) is 3.82. The number of aliphatic hydroxyl groups is 1. The third-order valence-corrected chi connectivity index (χ3v) is 3.51. The van der Waals surface area contributed by atoms with Crippen LogP contribution in [0.3, 0.4) is 0 Å². The molecule has 1 N–H and O–H groups in total. The monoisotopic (exact) mass is 293 g/mol. The lowest BCUT2D eigenvalue weighted by atomic mass is 10.0. The highest BCUT2D eigenvalue weighted by Crippen LogP contribution is 2.25. The molecule has 1 atom stereocenters. The van der Waals surface area contributed by atoms with Crippen LogP contribution >= 0.6 is 11.6 Å². The van der Waals surface area contributed by atoms with Crippen LogP contribution in [-0.4, -0.2) is 19.2 Å². The number of hydrogen-bond donors (Lipinski definition) is 1. The van der Waals surface area contributed by atoms with Crippen LogP contribution < -0.4 is 4.90 Å². The van der Waals surface area contributed by atoms with E-state index in [9.17, 15) is 9.50 Å². The Hall–Kier alpha value is -1.58. The lowest BCUT2D eigenvalue weighted by molar-refractivity contribution is 0.177. The normalized spacial score (nSPS) is 12.2. The summed E-state index contributed by atoms with van der Waals surface area (Å²) < 4.78 is 13.8. The van der Waals surface area contributed by atoms with Crippen molar-refractivity contribution in [2.24, 2.45) is 0 Å². The third kappa shape index (κ3) is 3.30. The van der Waals surface area contributed by atoms with Crippen LogP contribution in [0.25, 0.3) is 0 Å². The van der Waals surface area contributed by atoms with E-state index in [-0.39, 0.29) is 11.4 Å². The van der Waals surface area contributed by atoms with Crippen LogP contribution in [0.5, 0.6) is 0 Å². The molecule has 0 aliphatic rings. The zero-order chi connectivity index (χ0) is 14.7. The first kappa shape index (κ1) is 14.8. The molecule has 0 radical (unpaired) electrons. The molecule has 0 amide bonds. The highest BCUT2D eigenvalue weighted by Gasteiger charge is 2.14. The minimum Gasteiger partial charge on any atom is -0.388 e. The maximum atomic E-state index is 13.8. The number of nitrogens with zero attached hydrogens (tertiary/aromatic N) is 1. The number of aliphatic hydroxyl groups excluding tert-OH is 1. The summed E-state index contributed by atoms with van der Waals surface area (Å²) in [6.07, 6.45) is -0.564. The van der Waals surface area contributed by atoms with E-state index in [0.29, 0.717) is 5.56 Å². The van der Waals surface area contributed by atoms with Gasteiger partial charge in [-0.2, -0.15) is 0 Å². The van der Waals surface area contributed by atoms with E-state index >= 15 is 0 Å². The van der Waals surface area contributed by atoms with Crippen LogP contribution in [0.2, 0.25) is 5.02 Å². The summed E-state index contributed by atoms with van der Waals surface area (Å²) in [5.41, 5.74) is 2.17. The van der Waals surface area contributed by atoms with Crippen molar-refractivity contribution in [3.8, 4) is 0 Å². The van der Waals surface area contributed by atoms with E-state index in [2.05, 4.69) is 0 Å². The summed E-state index contributed by atoms with van der Waals surface area (Å²) in [5.74, 6) is -0.461. The summed E-state index contributed by atoms with van der Waals surface area (Å²) >= 11 is 5.75. The minimum absolute atomic E-state index is 0.0803. The molecular formula is C16H17ClFNO. The molecule has 2 aromatic carbocycles. The van der Waals surface area contributed by atoms with Crippen molar-refractivity contribution in [2.75, 3.05) is 19.0 Å². The largest absolute Gasteiger partial charge is 0.388 e. The van der Waals surface area contributed by atoms with Gasteiger partial charge >= 0.3 is 0 Å². The summed E-state index contributed by atoms with van der Waals surface area (Å²) in [7, 11) is 3.87. The lowest BCUT2D eigenvalue weighted by Crippen LogP contribution is -2.10. The Morgan fingerprint density at radius 3 is 2.60 bits per heavy atom. The Morgan fingerprint density at radius 2 is 1.90 bits per heavy atom. The Balaban J connectivity index is 2.21. The lowest BCUT2D eigenvalue weighted by Gasteiger charge is -2.17. The second kappa shape index (κ2) is 6.25. The van der Waals surface area contributed by atoms with Gasteiger partial charge in [0.15, 0.2) is 0 Å². The maximum absolute atomic E-state index is 13.8. The number of benzene rings is 2.